The number of esters is 1. The van der Waals surface area contributed by atoms with Gasteiger partial charge in [-0.1, -0.05) is 18.6 Å². The summed E-state index contributed by atoms with van der Waals surface area (Å²) in [5.41, 5.74) is 0.732. The van der Waals surface area contributed by atoms with E-state index in [1.54, 1.807) is 0 Å². The molecule has 18 heavy (non-hydrogen) atoms. The maximum absolute atomic E-state index is 11.8. The summed E-state index contributed by atoms with van der Waals surface area (Å²) in [4.78, 5) is 11.8. The van der Waals surface area contributed by atoms with Crippen molar-refractivity contribution in [3.63, 3.8) is 0 Å². The summed E-state index contributed by atoms with van der Waals surface area (Å²) in [6.07, 6.45) is 9.81. The van der Waals surface area contributed by atoms with Gasteiger partial charge in [0, 0.05) is 6.42 Å². The van der Waals surface area contributed by atoms with E-state index in [1.165, 1.54) is 0 Å². The Balaban J connectivity index is 2.54. The molecule has 0 saturated heterocycles. The highest BCUT2D eigenvalue weighted by molar-refractivity contribution is 5.70. The first-order chi connectivity index (χ1) is 8.33. The predicted molar refractivity (Wildman–Crippen MR) is 73.9 cm³/mol. The van der Waals surface area contributed by atoms with Gasteiger partial charge in [0.25, 0.3) is 0 Å². The van der Waals surface area contributed by atoms with Crippen molar-refractivity contribution in [2.24, 2.45) is 11.8 Å². The quantitative estimate of drug-likeness (QED) is 0.432. The molecule has 1 aliphatic carbocycles. The highest BCUT2D eigenvalue weighted by Crippen LogP contribution is 2.37. The lowest BCUT2D eigenvalue weighted by molar-refractivity contribution is -0.155. The Labute approximate surface area is 111 Å². The predicted octanol–water partition coefficient (Wildman–Crippen LogP) is 3.71. The van der Waals surface area contributed by atoms with Crippen LogP contribution in [-0.2, 0) is 9.53 Å². The molecule has 2 nitrogen and oxygen atoms in total. The Kier molecular flexibility index (Phi) is 5.02. The van der Waals surface area contributed by atoms with Crippen molar-refractivity contribution < 1.29 is 9.53 Å². The van der Waals surface area contributed by atoms with Crippen LogP contribution in [-0.4, -0.2) is 11.6 Å². The summed E-state index contributed by atoms with van der Waals surface area (Å²) in [5.74, 6) is 3.20. The Morgan fingerprint density at radius 3 is 2.61 bits per heavy atom. The summed E-state index contributed by atoms with van der Waals surface area (Å²) in [7, 11) is 0. The van der Waals surface area contributed by atoms with E-state index in [0.29, 0.717) is 12.3 Å². The van der Waals surface area contributed by atoms with Crippen LogP contribution >= 0.6 is 0 Å². The highest BCUT2D eigenvalue weighted by atomic mass is 16.6. The van der Waals surface area contributed by atoms with Gasteiger partial charge in [0.15, 0.2) is 0 Å². The third-order valence-electron chi connectivity index (χ3n) is 3.35. The molecule has 2 unspecified atom stereocenters. The molecule has 0 aliphatic heterocycles. The van der Waals surface area contributed by atoms with E-state index in [0.717, 1.165) is 31.3 Å². The Morgan fingerprint density at radius 1 is 1.44 bits per heavy atom. The normalized spacial score (nSPS) is 24.4. The molecule has 0 aromatic carbocycles. The molecule has 100 valence electrons. The third-order valence-corrected chi connectivity index (χ3v) is 3.35. The van der Waals surface area contributed by atoms with Crippen LogP contribution in [0.25, 0.3) is 0 Å². The van der Waals surface area contributed by atoms with Crippen molar-refractivity contribution in [1.29, 1.82) is 0 Å². The average Bonchev–Trinajstić information content (AvgIpc) is 2.21. The molecule has 0 aromatic rings. The molecule has 0 radical (unpaired) electrons. The van der Waals surface area contributed by atoms with Crippen molar-refractivity contribution in [3.05, 3.63) is 12.2 Å². The molecule has 0 aromatic heterocycles. The van der Waals surface area contributed by atoms with Crippen LogP contribution in [0.5, 0.6) is 0 Å². The molecule has 0 N–H and O–H groups in total. The van der Waals surface area contributed by atoms with Gasteiger partial charge < -0.3 is 4.74 Å². The Bertz CT molecular complexity index is 354. The van der Waals surface area contributed by atoms with Gasteiger partial charge in [0.1, 0.15) is 5.60 Å². The van der Waals surface area contributed by atoms with Crippen molar-refractivity contribution in [2.75, 3.05) is 0 Å². The lowest BCUT2D eigenvalue weighted by atomic mass is 9.75. The van der Waals surface area contributed by atoms with Crippen LogP contribution in [0.15, 0.2) is 12.2 Å². The average molecular weight is 248 g/mol. The molecule has 1 aliphatic rings. The summed E-state index contributed by atoms with van der Waals surface area (Å²) in [6.45, 7) is 9.81. The van der Waals surface area contributed by atoms with Gasteiger partial charge in [-0.15, -0.1) is 12.3 Å². The zero-order valence-corrected chi connectivity index (χ0v) is 11.8. The third kappa shape index (κ3) is 4.56. The van der Waals surface area contributed by atoms with Gasteiger partial charge in [0.2, 0.25) is 0 Å². The van der Waals surface area contributed by atoms with Crippen LogP contribution in [0.3, 0.4) is 0 Å². The first-order valence-electron chi connectivity index (χ1n) is 6.67. The second kappa shape index (κ2) is 6.09. The number of terminal acetylenes is 1. The molecular formula is C16H24O2. The molecule has 1 saturated carbocycles. The fourth-order valence-corrected chi connectivity index (χ4v) is 2.51. The topological polar surface area (TPSA) is 26.3 Å². The number of ether oxygens (including phenoxy) is 1. The van der Waals surface area contributed by atoms with Crippen LogP contribution < -0.4 is 0 Å². The molecule has 1 fully saturated rings. The van der Waals surface area contributed by atoms with Gasteiger partial charge >= 0.3 is 5.97 Å². The number of hydrogen-bond acceptors (Lipinski definition) is 2. The van der Waals surface area contributed by atoms with Crippen molar-refractivity contribution in [2.45, 2.75) is 58.5 Å². The molecule has 1 rings (SSSR count). The molecule has 2 heteroatoms. The lowest BCUT2D eigenvalue weighted by Gasteiger charge is -2.31. The van der Waals surface area contributed by atoms with Crippen molar-refractivity contribution in [3.8, 4) is 12.3 Å². The fraction of sp³-hybridized carbons (Fsp3) is 0.688. The van der Waals surface area contributed by atoms with Gasteiger partial charge in [-0.2, -0.15) is 0 Å². The smallest absolute Gasteiger partial charge is 0.306 e. The largest absolute Gasteiger partial charge is 0.460 e. The number of carbonyl (C=O) groups is 1. The summed E-state index contributed by atoms with van der Waals surface area (Å²) in [5, 5.41) is 0. The van der Waals surface area contributed by atoms with Crippen LogP contribution in [0.2, 0.25) is 0 Å². The Morgan fingerprint density at radius 2 is 2.06 bits per heavy atom. The van der Waals surface area contributed by atoms with Gasteiger partial charge in [-0.3, -0.25) is 4.79 Å². The molecule has 0 spiro atoms. The van der Waals surface area contributed by atoms with E-state index in [2.05, 4.69) is 12.5 Å². The van der Waals surface area contributed by atoms with Crippen LogP contribution in [0.1, 0.15) is 52.9 Å². The minimum atomic E-state index is -0.411. The van der Waals surface area contributed by atoms with Crippen LogP contribution in [0.4, 0.5) is 0 Å². The summed E-state index contributed by atoms with van der Waals surface area (Å²) >= 11 is 0. The second-order valence-electron chi connectivity index (χ2n) is 6.10. The second-order valence-corrected chi connectivity index (χ2v) is 6.10. The standard InChI is InChI=1S/C16H24O2/c1-6-8-13-9-7-10-14(12(13)2)11-15(17)18-16(3,4)5/h1,13-14H,2,7-11H2,3-5H3. The Hall–Kier alpha value is -1.23. The number of rotatable bonds is 3. The fourth-order valence-electron chi connectivity index (χ4n) is 2.51. The molecule has 2 atom stereocenters. The summed E-state index contributed by atoms with van der Waals surface area (Å²) < 4.78 is 5.36. The maximum Gasteiger partial charge on any atom is 0.306 e. The number of carbonyl (C=O) groups excluding carboxylic acids is 1. The zero-order valence-electron chi connectivity index (χ0n) is 11.8. The highest BCUT2D eigenvalue weighted by Gasteiger charge is 2.28. The molecule has 0 heterocycles. The number of allylic oxidation sites excluding steroid dienone is 1. The van der Waals surface area contributed by atoms with E-state index < -0.39 is 5.60 Å². The number of hydrogen-bond donors (Lipinski definition) is 0. The lowest BCUT2D eigenvalue weighted by Crippen LogP contribution is -2.27. The zero-order chi connectivity index (χ0) is 13.8. The van der Waals surface area contributed by atoms with Crippen molar-refractivity contribution in [1.82, 2.24) is 0 Å². The van der Waals surface area contributed by atoms with Gasteiger partial charge in [-0.25, -0.2) is 0 Å². The molecule has 0 bridgehead atoms. The van der Waals surface area contributed by atoms with Crippen LogP contribution in [0, 0.1) is 24.2 Å². The van der Waals surface area contributed by atoms with Gasteiger partial charge in [0.05, 0.1) is 6.42 Å². The van der Waals surface area contributed by atoms with E-state index in [1.807, 2.05) is 20.8 Å². The van der Waals surface area contributed by atoms with E-state index >= 15 is 0 Å². The molecule has 0 amide bonds. The minimum absolute atomic E-state index is 0.130. The van der Waals surface area contributed by atoms with E-state index in [9.17, 15) is 4.79 Å². The van der Waals surface area contributed by atoms with E-state index in [4.69, 9.17) is 11.2 Å². The minimum Gasteiger partial charge on any atom is -0.460 e. The van der Waals surface area contributed by atoms with Gasteiger partial charge in [-0.05, 0) is 45.4 Å². The van der Waals surface area contributed by atoms with Crippen molar-refractivity contribution >= 4 is 5.97 Å². The monoisotopic (exact) mass is 248 g/mol. The molecular weight excluding hydrogens is 224 g/mol. The van der Waals surface area contributed by atoms with E-state index in [-0.39, 0.29) is 11.9 Å². The first-order valence-corrected chi connectivity index (χ1v) is 6.67. The first kappa shape index (κ1) is 14.8. The maximum atomic E-state index is 11.8. The summed E-state index contributed by atoms with van der Waals surface area (Å²) in [6, 6.07) is 0. The SMILES string of the molecule is C#CCC1CCCC(CC(=O)OC(C)(C)C)C1=C.